The minimum atomic E-state index is -0.489. The van der Waals surface area contributed by atoms with Gasteiger partial charge in [0.2, 0.25) is 5.17 Å². The van der Waals surface area contributed by atoms with E-state index in [9.17, 15) is 4.79 Å². The van der Waals surface area contributed by atoms with Crippen molar-refractivity contribution in [2.75, 3.05) is 7.11 Å². The molecule has 0 saturated heterocycles. The summed E-state index contributed by atoms with van der Waals surface area (Å²) in [5, 5.41) is 16.2. The number of halogens is 1. The molecule has 36 heavy (non-hydrogen) atoms. The van der Waals surface area contributed by atoms with Gasteiger partial charge in [-0.15, -0.1) is 0 Å². The Balaban J connectivity index is 1.38. The zero-order valence-corrected chi connectivity index (χ0v) is 21.1. The zero-order chi connectivity index (χ0) is 25.2. The van der Waals surface area contributed by atoms with E-state index in [0.717, 1.165) is 16.7 Å². The molecule has 0 atom stereocenters. The molecular weight excluding hydrogens is 496 g/mol. The van der Waals surface area contributed by atoms with Crippen molar-refractivity contribution in [3.63, 3.8) is 0 Å². The Morgan fingerprint density at radius 1 is 1.08 bits per heavy atom. The van der Waals surface area contributed by atoms with Crippen molar-refractivity contribution in [2.24, 2.45) is 10.1 Å². The molecule has 5 rings (SSSR count). The van der Waals surface area contributed by atoms with Crippen LogP contribution in [0.4, 0.5) is 0 Å². The molecule has 1 amide bonds. The number of nitrogens with one attached hydrogen (secondary N) is 1. The maximum absolute atomic E-state index is 12.8. The van der Waals surface area contributed by atoms with Crippen LogP contribution in [0.3, 0.4) is 0 Å². The second kappa shape index (κ2) is 10.0. The summed E-state index contributed by atoms with van der Waals surface area (Å²) in [6.45, 7) is 2.30. The summed E-state index contributed by atoms with van der Waals surface area (Å²) in [5.74, 6) is 0.509. The summed E-state index contributed by atoms with van der Waals surface area (Å²) in [4.78, 5) is 17.0. The molecule has 0 spiro atoms. The van der Waals surface area contributed by atoms with Crippen molar-refractivity contribution in [3.05, 3.63) is 99.6 Å². The third kappa shape index (κ3) is 4.78. The van der Waals surface area contributed by atoms with Crippen LogP contribution in [0.1, 0.15) is 22.3 Å². The summed E-state index contributed by atoms with van der Waals surface area (Å²) < 4.78 is 11.4. The largest absolute Gasteiger partial charge is 0.493 e. The van der Waals surface area contributed by atoms with Crippen LogP contribution in [0.5, 0.6) is 11.5 Å². The molecule has 0 aliphatic carbocycles. The third-order valence-electron chi connectivity index (χ3n) is 5.59. The highest BCUT2D eigenvalue weighted by Gasteiger charge is 2.36. The zero-order valence-electron chi connectivity index (χ0n) is 19.5. The molecule has 180 valence electrons. The van der Waals surface area contributed by atoms with Crippen LogP contribution in [0, 0.1) is 12.3 Å². The highest BCUT2D eigenvalue weighted by atomic mass is 35.5. The van der Waals surface area contributed by atoms with E-state index < -0.39 is 5.91 Å². The average Bonchev–Trinajstić information content (AvgIpc) is 3.31. The van der Waals surface area contributed by atoms with Crippen molar-refractivity contribution in [2.45, 2.75) is 13.5 Å². The number of aryl methyl sites for hydroxylation is 1. The fraction of sp³-hybridized carbons (Fsp3) is 0.111. The Bertz CT molecular complexity index is 1460. The standard InChI is InChI=1S/C27H21ClN4O3S/c1-16-7-10-18(11-8-16)26-31-32-24(29)20(25(33)30-27(32)36-26)13-17-9-12-22(23(14-17)34-2)35-15-19-5-3-4-6-21(19)28/h3-14,29H,15H2,1-2H3. The second-order valence-corrected chi connectivity index (χ2v) is 9.44. The van der Waals surface area contributed by atoms with Crippen molar-refractivity contribution < 1.29 is 14.3 Å². The lowest BCUT2D eigenvalue weighted by molar-refractivity contribution is -0.114. The Morgan fingerprint density at radius 2 is 1.86 bits per heavy atom. The van der Waals surface area contributed by atoms with Gasteiger partial charge in [-0.1, -0.05) is 65.7 Å². The van der Waals surface area contributed by atoms with Gasteiger partial charge in [-0.25, -0.2) is 0 Å². The number of amidine groups is 2. The number of ether oxygens (including phenoxy) is 2. The summed E-state index contributed by atoms with van der Waals surface area (Å²) >= 11 is 7.49. The molecule has 2 aliphatic rings. The Hall–Kier alpha value is -3.88. The first-order valence-corrected chi connectivity index (χ1v) is 12.2. The SMILES string of the molecule is COc1cc(C=C2C(=N)N3N=C(c4ccc(C)cc4)SC3=NC2=O)ccc1OCc1ccccc1Cl. The number of nitrogens with zero attached hydrogens (tertiary/aromatic N) is 3. The first-order chi connectivity index (χ1) is 17.4. The lowest BCUT2D eigenvalue weighted by Gasteiger charge is -2.20. The minimum absolute atomic E-state index is 0.0300. The fourth-order valence-electron chi connectivity index (χ4n) is 3.64. The second-order valence-electron chi connectivity index (χ2n) is 8.08. The first-order valence-electron chi connectivity index (χ1n) is 11.0. The Labute approximate surface area is 217 Å². The van der Waals surface area contributed by atoms with Gasteiger partial charge in [0, 0.05) is 16.1 Å². The normalized spacial score (nSPS) is 16.1. The van der Waals surface area contributed by atoms with Gasteiger partial charge >= 0.3 is 0 Å². The van der Waals surface area contributed by atoms with E-state index in [1.807, 2.05) is 55.5 Å². The number of hydrogen-bond donors (Lipinski definition) is 1. The van der Waals surface area contributed by atoms with Crippen LogP contribution in [0.15, 0.2) is 82.4 Å². The number of methoxy groups -OCH3 is 1. The first kappa shape index (κ1) is 23.8. The monoisotopic (exact) mass is 516 g/mol. The van der Waals surface area contributed by atoms with Gasteiger partial charge < -0.3 is 9.47 Å². The number of carbonyl (C=O) groups is 1. The maximum Gasteiger partial charge on any atom is 0.283 e. The van der Waals surface area contributed by atoms with E-state index in [2.05, 4.69) is 10.1 Å². The number of hydrogen-bond acceptors (Lipinski definition) is 6. The number of amides is 1. The molecule has 7 nitrogen and oxygen atoms in total. The number of carbonyl (C=O) groups excluding carboxylic acids is 1. The Kier molecular flexibility index (Phi) is 6.63. The summed E-state index contributed by atoms with van der Waals surface area (Å²) in [6, 6.07) is 20.7. The van der Waals surface area contributed by atoms with Crippen molar-refractivity contribution >= 4 is 51.4 Å². The van der Waals surface area contributed by atoms with E-state index in [1.165, 1.54) is 16.8 Å². The number of benzene rings is 3. The number of fused-ring (bicyclic) bond motifs is 1. The lowest BCUT2D eigenvalue weighted by Crippen LogP contribution is -2.35. The van der Waals surface area contributed by atoms with E-state index >= 15 is 0 Å². The van der Waals surface area contributed by atoms with Crippen LogP contribution in [0.25, 0.3) is 6.08 Å². The molecule has 3 aromatic rings. The Morgan fingerprint density at radius 3 is 2.61 bits per heavy atom. The third-order valence-corrected chi connectivity index (χ3v) is 6.92. The van der Waals surface area contributed by atoms with E-state index in [0.29, 0.717) is 32.3 Å². The molecule has 0 radical (unpaired) electrons. The van der Waals surface area contributed by atoms with Crippen LogP contribution in [-0.2, 0) is 11.4 Å². The molecule has 0 aromatic heterocycles. The molecule has 9 heteroatoms. The average molecular weight is 517 g/mol. The summed E-state index contributed by atoms with van der Waals surface area (Å²) in [7, 11) is 1.54. The predicted octanol–water partition coefficient (Wildman–Crippen LogP) is 5.90. The van der Waals surface area contributed by atoms with Crippen molar-refractivity contribution in [3.8, 4) is 11.5 Å². The number of aliphatic imine (C=N–C) groups is 1. The molecule has 3 aromatic carbocycles. The molecular formula is C27H21ClN4O3S. The van der Waals surface area contributed by atoms with Gasteiger partial charge in [0.05, 0.1) is 12.7 Å². The van der Waals surface area contributed by atoms with Gasteiger partial charge in [-0.3, -0.25) is 10.2 Å². The maximum atomic E-state index is 12.8. The smallest absolute Gasteiger partial charge is 0.283 e. The van der Waals surface area contributed by atoms with Gasteiger partial charge in [0.25, 0.3) is 5.91 Å². The molecule has 0 unspecified atom stereocenters. The van der Waals surface area contributed by atoms with Crippen LogP contribution in [-0.4, -0.2) is 34.1 Å². The molecule has 2 aliphatic heterocycles. The predicted molar refractivity (Wildman–Crippen MR) is 144 cm³/mol. The fourth-order valence-corrected chi connectivity index (χ4v) is 4.72. The van der Waals surface area contributed by atoms with Gasteiger partial charge in [0.1, 0.15) is 11.7 Å². The van der Waals surface area contributed by atoms with E-state index in [4.69, 9.17) is 26.5 Å². The van der Waals surface area contributed by atoms with Crippen molar-refractivity contribution in [1.82, 2.24) is 5.01 Å². The van der Waals surface area contributed by atoms with Crippen LogP contribution in [0.2, 0.25) is 5.02 Å². The molecule has 2 heterocycles. The molecule has 0 fully saturated rings. The van der Waals surface area contributed by atoms with Gasteiger partial charge in [-0.2, -0.15) is 15.1 Å². The van der Waals surface area contributed by atoms with Crippen LogP contribution < -0.4 is 9.47 Å². The topological polar surface area (TPSA) is 87.3 Å². The molecule has 1 N–H and O–H groups in total. The summed E-state index contributed by atoms with van der Waals surface area (Å²) in [6.07, 6.45) is 1.61. The van der Waals surface area contributed by atoms with E-state index in [-0.39, 0.29) is 18.0 Å². The highest BCUT2D eigenvalue weighted by Crippen LogP contribution is 2.33. The number of thioether (sulfide) groups is 1. The van der Waals surface area contributed by atoms with Gasteiger partial charge in [0.15, 0.2) is 17.3 Å². The van der Waals surface area contributed by atoms with E-state index in [1.54, 1.807) is 31.4 Å². The highest BCUT2D eigenvalue weighted by molar-refractivity contribution is 8.27. The quantitative estimate of drug-likeness (QED) is 0.412. The lowest BCUT2D eigenvalue weighted by atomic mass is 10.1. The number of hydrazone groups is 1. The minimum Gasteiger partial charge on any atom is -0.493 e. The molecule has 0 bridgehead atoms. The summed E-state index contributed by atoms with van der Waals surface area (Å²) in [5.41, 5.74) is 3.71. The molecule has 0 saturated carbocycles. The number of rotatable bonds is 6. The van der Waals surface area contributed by atoms with Crippen molar-refractivity contribution in [1.29, 1.82) is 5.41 Å². The van der Waals surface area contributed by atoms with Crippen LogP contribution >= 0.6 is 23.4 Å². The van der Waals surface area contributed by atoms with Gasteiger partial charge in [-0.05, 0) is 48.5 Å².